The van der Waals surface area contributed by atoms with E-state index >= 15 is 0 Å². The number of anilines is 1. The minimum atomic E-state index is -1.85. The van der Waals surface area contributed by atoms with Gasteiger partial charge in [-0.15, -0.1) is 0 Å². The summed E-state index contributed by atoms with van der Waals surface area (Å²) in [7, 11) is 0. The summed E-state index contributed by atoms with van der Waals surface area (Å²) in [5.74, 6) is -0.482. The summed E-state index contributed by atoms with van der Waals surface area (Å²) in [5.41, 5.74) is -1.19. The van der Waals surface area contributed by atoms with Crippen LogP contribution in [0.15, 0.2) is 36.5 Å². The molecule has 0 bridgehead atoms. The van der Waals surface area contributed by atoms with Crippen LogP contribution in [0.4, 0.5) is 11.4 Å². The van der Waals surface area contributed by atoms with E-state index in [1.54, 1.807) is 19.1 Å². The monoisotopic (exact) mass is 365 g/mol. The van der Waals surface area contributed by atoms with Gasteiger partial charge in [0.15, 0.2) is 16.5 Å². The maximum absolute atomic E-state index is 12.2. The largest absolute Gasteiger partial charge is 0.487 e. The first kappa shape index (κ1) is 18.6. The third-order valence-electron chi connectivity index (χ3n) is 3.37. The predicted octanol–water partition coefficient (Wildman–Crippen LogP) is 2.72. The van der Waals surface area contributed by atoms with Gasteiger partial charge in [-0.1, -0.05) is 11.6 Å². The van der Waals surface area contributed by atoms with Crippen LogP contribution in [0.1, 0.15) is 12.5 Å². The normalized spacial score (nSPS) is 13.0. The molecule has 0 fully saturated rings. The van der Waals surface area contributed by atoms with Crippen LogP contribution >= 0.6 is 11.6 Å². The van der Waals surface area contributed by atoms with E-state index < -0.39 is 16.4 Å². The molecule has 2 rings (SSSR count). The standard InChI is InChI=1S/C16H16ClN3O5/c1-10-8-11(5-6-12(10)20(23)24)19-15(21)16(2,22)9-25-13-4-3-7-18-14(13)17/h3-8,22H,9H2,1-2H3,(H,19,21). The molecule has 1 heterocycles. The first-order valence-electron chi connectivity index (χ1n) is 7.23. The fraction of sp³-hybridized carbons (Fsp3) is 0.250. The van der Waals surface area contributed by atoms with Crippen LogP contribution in [0, 0.1) is 17.0 Å². The molecule has 1 atom stereocenters. The fourth-order valence-corrected chi connectivity index (χ4v) is 2.14. The molecule has 8 nitrogen and oxygen atoms in total. The van der Waals surface area contributed by atoms with Gasteiger partial charge in [0.25, 0.3) is 11.6 Å². The van der Waals surface area contributed by atoms with Crippen molar-refractivity contribution in [1.29, 1.82) is 0 Å². The summed E-state index contributed by atoms with van der Waals surface area (Å²) in [6.45, 7) is 2.49. The Morgan fingerprint density at radius 2 is 2.20 bits per heavy atom. The molecule has 132 valence electrons. The number of hydrogen-bond acceptors (Lipinski definition) is 6. The number of pyridine rings is 1. The molecule has 0 radical (unpaired) electrons. The summed E-state index contributed by atoms with van der Waals surface area (Å²) < 4.78 is 5.34. The van der Waals surface area contributed by atoms with E-state index in [1.165, 1.54) is 31.3 Å². The van der Waals surface area contributed by atoms with E-state index in [1.807, 2.05) is 0 Å². The maximum atomic E-state index is 12.2. The Balaban J connectivity index is 2.04. The zero-order valence-corrected chi connectivity index (χ0v) is 14.3. The molecule has 1 unspecified atom stereocenters. The lowest BCUT2D eigenvalue weighted by Crippen LogP contribution is -2.45. The number of nitrogens with zero attached hydrogens (tertiary/aromatic N) is 2. The molecule has 0 aliphatic rings. The summed E-state index contributed by atoms with van der Waals surface area (Å²) in [6, 6.07) is 7.28. The number of nitro groups is 1. The van der Waals surface area contributed by atoms with Crippen molar-refractivity contribution in [1.82, 2.24) is 4.98 Å². The Labute approximate surface area is 148 Å². The molecular weight excluding hydrogens is 350 g/mol. The summed E-state index contributed by atoms with van der Waals surface area (Å²) in [5, 5.41) is 23.7. The summed E-state index contributed by atoms with van der Waals surface area (Å²) in [4.78, 5) is 26.4. The Hall–Kier alpha value is -2.71. The first-order valence-corrected chi connectivity index (χ1v) is 7.60. The molecule has 25 heavy (non-hydrogen) atoms. The number of halogens is 1. The number of amides is 1. The average Bonchev–Trinajstić information content (AvgIpc) is 2.53. The third kappa shape index (κ3) is 4.65. The molecule has 2 aromatic rings. The number of nitrogens with one attached hydrogen (secondary N) is 1. The number of aryl methyl sites for hydroxylation is 1. The van der Waals surface area contributed by atoms with Crippen molar-refractivity contribution in [2.75, 3.05) is 11.9 Å². The number of hydrogen-bond donors (Lipinski definition) is 2. The highest BCUT2D eigenvalue weighted by Crippen LogP contribution is 2.24. The van der Waals surface area contributed by atoms with Gasteiger partial charge in [0.05, 0.1) is 4.92 Å². The van der Waals surface area contributed by atoms with Gasteiger partial charge >= 0.3 is 0 Å². The van der Waals surface area contributed by atoms with Gasteiger partial charge in [-0.05, 0) is 38.1 Å². The van der Waals surface area contributed by atoms with Crippen LogP contribution in [-0.2, 0) is 4.79 Å². The van der Waals surface area contributed by atoms with Crippen molar-refractivity contribution in [3.05, 3.63) is 57.4 Å². The predicted molar refractivity (Wildman–Crippen MR) is 91.8 cm³/mol. The molecule has 1 aromatic carbocycles. The lowest BCUT2D eigenvalue weighted by molar-refractivity contribution is -0.385. The maximum Gasteiger partial charge on any atom is 0.272 e. The van der Waals surface area contributed by atoms with Crippen molar-refractivity contribution in [2.24, 2.45) is 0 Å². The third-order valence-corrected chi connectivity index (χ3v) is 3.66. The van der Waals surface area contributed by atoms with Crippen molar-refractivity contribution >= 4 is 28.9 Å². The quantitative estimate of drug-likeness (QED) is 0.462. The smallest absolute Gasteiger partial charge is 0.272 e. The second-order valence-electron chi connectivity index (χ2n) is 5.57. The molecular formula is C16H16ClN3O5. The van der Waals surface area contributed by atoms with E-state index in [2.05, 4.69) is 10.3 Å². The number of aliphatic hydroxyl groups is 1. The fourth-order valence-electron chi connectivity index (χ4n) is 1.97. The molecule has 1 amide bonds. The van der Waals surface area contributed by atoms with Gasteiger partial charge in [0, 0.05) is 23.5 Å². The van der Waals surface area contributed by atoms with Gasteiger partial charge in [-0.3, -0.25) is 14.9 Å². The second kappa shape index (κ2) is 7.45. The molecule has 0 spiro atoms. The Kier molecular flexibility index (Phi) is 5.55. The zero-order valence-electron chi connectivity index (χ0n) is 13.5. The average molecular weight is 366 g/mol. The Bertz CT molecular complexity index is 810. The van der Waals surface area contributed by atoms with Gasteiger partial charge in [0.2, 0.25) is 0 Å². The van der Waals surface area contributed by atoms with Crippen LogP contribution in [0.5, 0.6) is 5.75 Å². The number of ether oxygens (including phenoxy) is 1. The lowest BCUT2D eigenvalue weighted by atomic mass is 10.1. The molecule has 2 N–H and O–H groups in total. The van der Waals surface area contributed by atoms with Gasteiger partial charge in [0.1, 0.15) is 6.61 Å². The van der Waals surface area contributed by atoms with Crippen LogP contribution in [0.25, 0.3) is 0 Å². The molecule has 0 aliphatic carbocycles. The van der Waals surface area contributed by atoms with Gasteiger partial charge in [-0.2, -0.15) is 0 Å². The summed E-state index contributed by atoms with van der Waals surface area (Å²) >= 11 is 5.85. The lowest BCUT2D eigenvalue weighted by Gasteiger charge is -2.22. The van der Waals surface area contributed by atoms with E-state index in [0.717, 1.165) is 0 Å². The second-order valence-corrected chi connectivity index (χ2v) is 5.93. The summed E-state index contributed by atoms with van der Waals surface area (Å²) in [6.07, 6.45) is 1.48. The van der Waals surface area contributed by atoms with Crippen LogP contribution in [0.2, 0.25) is 5.15 Å². The number of carbonyl (C=O) groups excluding carboxylic acids is 1. The number of rotatable bonds is 6. The number of nitro benzene ring substituents is 1. The SMILES string of the molecule is Cc1cc(NC(=O)C(C)(O)COc2cccnc2Cl)ccc1[N+](=O)[O-]. The van der Waals surface area contributed by atoms with E-state index in [-0.39, 0.29) is 23.2 Å². The highest BCUT2D eigenvalue weighted by Gasteiger charge is 2.32. The van der Waals surface area contributed by atoms with E-state index in [9.17, 15) is 20.0 Å². The Morgan fingerprint density at radius 1 is 1.48 bits per heavy atom. The molecule has 0 saturated carbocycles. The molecule has 0 aliphatic heterocycles. The highest BCUT2D eigenvalue weighted by molar-refractivity contribution is 6.30. The zero-order chi connectivity index (χ0) is 18.6. The molecule has 0 saturated heterocycles. The van der Waals surface area contributed by atoms with Gasteiger partial charge in [-0.25, -0.2) is 4.98 Å². The number of benzene rings is 1. The van der Waals surface area contributed by atoms with Crippen molar-refractivity contribution in [2.45, 2.75) is 19.4 Å². The van der Waals surface area contributed by atoms with Crippen LogP contribution in [0.3, 0.4) is 0 Å². The van der Waals surface area contributed by atoms with Crippen LogP contribution < -0.4 is 10.1 Å². The highest BCUT2D eigenvalue weighted by atomic mass is 35.5. The van der Waals surface area contributed by atoms with E-state index in [4.69, 9.17) is 16.3 Å². The first-order chi connectivity index (χ1) is 11.7. The van der Waals surface area contributed by atoms with Crippen molar-refractivity contribution in [3.8, 4) is 5.75 Å². The van der Waals surface area contributed by atoms with Crippen LogP contribution in [-0.4, -0.2) is 33.1 Å². The van der Waals surface area contributed by atoms with Crippen molar-refractivity contribution in [3.63, 3.8) is 0 Å². The van der Waals surface area contributed by atoms with Crippen molar-refractivity contribution < 1.29 is 19.6 Å². The topological polar surface area (TPSA) is 115 Å². The van der Waals surface area contributed by atoms with Gasteiger partial charge < -0.3 is 15.2 Å². The molecule has 1 aromatic heterocycles. The minimum absolute atomic E-state index is 0.0562. The number of carbonyl (C=O) groups is 1. The Morgan fingerprint density at radius 3 is 2.80 bits per heavy atom. The van der Waals surface area contributed by atoms with E-state index in [0.29, 0.717) is 11.3 Å². The molecule has 9 heteroatoms. The minimum Gasteiger partial charge on any atom is -0.487 e. The number of aromatic nitrogens is 1.